The van der Waals surface area contributed by atoms with Crippen LogP contribution in [0.2, 0.25) is 0 Å². The average molecular weight is 311 g/mol. The molecule has 0 bridgehead atoms. The highest BCUT2D eigenvalue weighted by atomic mass is 19.4. The first kappa shape index (κ1) is 14.9. The molecule has 0 saturated carbocycles. The van der Waals surface area contributed by atoms with Crippen molar-refractivity contribution in [2.75, 3.05) is 0 Å². The van der Waals surface area contributed by atoms with E-state index < -0.39 is 17.7 Å². The highest BCUT2D eigenvalue weighted by Crippen LogP contribution is 2.34. The van der Waals surface area contributed by atoms with E-state index in [0.717, 1.165) is 11.6 Å². The summed E-state index contributed by atoms with van der Waals surface area (Å²) in [6.07, 6.45) is -1.82. The Hall–Kier alpha value is -2.02. The quantitative estimate of drug-likeness (QED) is 0.883. The molecule has 0 fully saturated rings. The second-order valence-corrected chi connectivity index (χ2v) is 5.13. The van der Waals surface area contributed by atoms with Crippen molar-refractivity contribution < 1.29 is 17.6 Å². The molecular formula is C15H13F4N3. The van der Waals surface area contributed by atoms with Crippen LogP contribution < -0.4 is 5.32 Å². The molecule has 0 radical (unpaired) electrons. The monoisotopic (exact) mass is 311 g/mol. The van der Waals surface area contributed by atoms with Crippen LogP contribution in [0, 0.1) is 5.82 Å². The van der Waals surface area contributed by atoms with Gasteiger partial charge in [0.2, 0.25) is 0 Å². The van der Waals surface area contributed by atoms with Gasteiger partial charge in [-0.3, -0.25) is 4.98 Å². The third kappa shape index (κ3) is 2.94. The maximum absolute atomic E-state index is 13.5. The Kier molecular flexibility index (Phi) is 3.82. The summed E-state index contributed by atoms with van der Waals surface area (Å²) < 4.78 is 51.4. The zero-order chi connectivity index (χ0) is 15.7. The number of hydrogen-bond acceptors (Lipinski definition) is 3. The third-order valence-electron chi connectivity index (χ3n) is 3.70. The molecule has 22 heavy (non-hydrogen) atoms. The summed E-state index contributed by atoms with van der Waals surface area (Å²) in [4.78, 5) is 7.63. The average Bonchev–Trinajstić information content (AvgIpc) is 2.88. The lowest BCUT2D eigenvalue weighted by Crippen LogP contribution is -2.20. The van der Waals surface area contributed by atoms with Crippen LogP contribution in [0.4, 0.5) is 17.6 Å². The summed E-state index contributed by atoms with van der Waals surface area (Å²) in [6, 6.07) is 5.13. The molecule has 1 aliphatic rings. The van der Waals surface area contributed by atoms with Crippen molar-refractivity contribution >= 4 is 0 Å². The van der Waals surface area contributed by atoms with Crippen molar-refractivity contribution in [2.45, 2.75) is 31.6 Å². The second kappa shape index (κ2) is 5.64. The van der Waals surface area contributed by atoms with Gasteiger partial charge in [0.1, 0.15) is 11.5 Å². The predicted octanol–water partition coefficient (Wildman–Crippen LogP) is 3.41. The van der Waals surface area contributed by atoms with Gasteiger partial charge in [-0.05, 0) is 36.6 Å². The fraction of sp³-hybridized carbons (Fsp3) is 0.333. The zero-order valence-electron chi connectivity index (χ0n) is 11.5. The molecule has 1 N–H and O–H groups in total. The summed E-state index contributed by atoms with van der Waals surface area (Å²) >= 11 is 0. The van der Waals surface area contributed by atoms with Gasteiger partial charge in [-0.15, -0.1) is 0 Å². The van der Waals surface area contributed by atoms with Gasteiger partial charge in [-0.1, -0.05) is 6.07 Å². The van der Waals surface area contributed by atoms with Crippen LogP contribution >= 0.6 is 0 Å². The van der Waals surface area contributed by atoms with E-state index in [4.69, 9.17) is 0 Å². The Morgan fingerprint density at radius 2 is 2.05 bits per heavy atom. The highest BCUT2D eigenvalue weighted by Gasteiger charge is 2.34. The Morgan fingerprint density at radius 3 is 2.77 bits per heavy atom. The van der Waals surface area contributed by atoms with Gasteiger partial charge in [0.05, 0.1) is 5.69 Å². The summed E-state index contributed by atoms with van der Waals surface area (Å²) in [5.41, 5.74) is 0.608. The van der Waals surface area contributed by atoms with Crippen LogP contribution in [0.1, 0.15) is 35.1 Å². The SMILES string of the molecule is Fc1cccnc1CNC1CCc2nc(C(F)(F)F)ccc21. The molecule has 0 aliphatic heterocycles. The van der Waals surface area contributed by atoms with E-state index in [0.29, 0.717) is 18.5 Å². The number of fused-ring (bicyclic) bond motifs is 1. The van der Waals surface area contributed by atoms with Crippen molar-refractivity contribution in [3.63, 3.8) is 0 Å². The fourth-order valence-electron chi connectivity index (χ4n) is 2.60. The molecule has 2 heterocycles. The number of halogens is 4. The van der Waals surface area contributed by atoms with Gasteiger partial charge in [-0.2, -0.15) is 13.2 Å². The van der Waals surface area contributed by atoms with Crippen molar-refractivity contribution in [1.29, 1.82) is 0 Å². The number of pyridine rings is 2. The summed E-state index contributed by atoms with van der Waals surface area (Å²) in [7, 11) is 0. The van der Waals surface area contributed by atoms with Crippen molar-refractivity contribution in [3.8, 4) is 0 Å². The van der Waals surface area contributed by atoms with E-state index in [2.05, 4.69) is 15.3 Å². The number of rotatable bonds is 3. The number of aryl methyl sites for hydroxylation is 1. The summed E-state index contributed by atoms with van der Waals surface area (Å²) in [5.74, 6) is -0.404. The van der Waals surface area contributed by atoms with Crippen molar-refractivity contribution in [1.82, 2.24) is 15.3 Å². The summed E-state index contributed by atoms with van der Waals surface area (Å²) in [6.45, 7) is 0.220. The fourth-order valence-corrected chi connectivity index (χ4v) is 2.60. The van der Waals surface area contributed by atoms with Gasteiger partial charge >= 0.3 is 6.18 Å². The molecule has 7 heteroatoms. The van der Waals surface area contributed by atoms with Crippen molar-refractivity contribution in [3.05, 3.63) is 58.9 Å². The lowest BCUT2D eigenvalue weighted by molar-refractivity contribution is -0.141. The molecule has 2 aromatic heterocycles. The number of aromatic nitrogens is 2. The van der Waals surface area contributed by atoms with Gasteiger partial charge in [0.25, 0.3) is 0 Å². The molecule has 1 unspecified atom stereocenters. The molecule has 1 aliphatic carbocycles. The number of nitrogens with one attached hydrogen (secondary N) is 1. The molecule has 2 aromatic rings. The van der Waals surface area contributed by atoms with Gasteiger partial charge in [-0.25, -0.2) is 9.37 Å². The Labute approximate surface area is 124 Å². The van der Waals surface area contributed by atoms with Gasteiger partial charge in [0, 0.05) is 24.5 Å². The minimum Gasteiger partial charge on any atom is -0.304 e. The van der Waals surface area contributed by atoms with E-state index in [1.165, 1.54) is 24.4 Å². The molecule has 1 atom stereocenters. The normalized spacial score (nSPS) is 17.5. The summed E-state index contributed by atoms with van der Waals surface area (Å²) in [5, 5.41) is 3.13. The molecular weight excluding hydrogens is 298 g/mol. The lowest BCUT2D eigenvalue weighted by atomic mass is 10.1. The number of hydrogen-bond donors (Lipinski definition) is 1. The Bertz CT molecular complexity index is 685. The van der Waals surface area contributed by atoms with E-state index in [1.807, 2.05) is 0 Å². The topological polar surface area (TPSA) is 37.8 Å². The third-order valence-corrected chi connectivity index (χ3v) is 3.70. The van der Waals surface area contributed by atoms with Crippen LogP contribution in [0.25, 0.3) is 0 Å². The van der Waals surface area contributed by atoms with Crippen LogP contribution in [0.3, 0.4) is 0 Å². The molecule has 3 nitrogen and oxygen atoms in total. The maximum atomic E-state index is 13.5. The van der Waals surface area contributed by atoms with E-state index in [-0.39, 0.29) is 18.3 Å². The lowest BCUT2D eigenvalue weighted by Gasteiger charge is -2.14. The second-order valence-electron chi connectivity index (χ2n) is 5.13. The molecule has 0 amide bonds. The molecule has 0 saturated heterocycles. The minimum atomic E-state index is -4.43. The number of nitrogens with zero attached hydrogens (tertiary/aromatic N) is 2. The van der Waals surface area contributed by atoms with Crippen LogP contribution in [0.15, 0.2) is 30.5 Å². The Balaban J connectivity index is 1.74. The maximum Gasteiger partial charge on any atom is 0.433 e. The smallest absolute Gasteiger partial charge is 0.304 e. The van der Waals surface area contributed by atoms with Gasteiger partial charge < -0.3 is 5.32 Å². The van der Waals surface area contributed by atoms with E-state index in [9.17, 15) is 17.6 Å². The molecule has 0 spiro atoms. The largest absolute Gasteiger partial charge is 0.433 e. The minimum absolute atomic E-state index is 0.133. The van der Waals surface area contributed by atoms with Crippen LogP contribution in [-0.2, 0) is 19.1 Å². The van der Waals surface area contributed by atoms with E-state index in [1.54, 1.807) is 0 Å². The first-order valence-corrected chi connectivity index (χ1v) is 6.85. The predicted molar refractivity (Wildman–Crippen MR) is 71.3 cm³/mol. The first-order valence-electron chi connectivity index (χ1n) is 6.85. The molecule has 116 valence electrons. The molecule has 0 aromatic carbocycles. The Morgan fingerprint density at radius 1 is 1.23 bits per heavy atom. The van der Waals surface area contributed by atoms with Gasteiger partial charge in [0.15, 0.2) is 0 Å². The number of alkyl halides is 3. The molecule has 3 rings (SSSR count). The highest BCUT2D eigenvalue weighted by molar-refractivity contribution is 5.31. The van der Waals surface area contributed by atoms with Crippen molar-refractivity contribution in [2.24, 2.45) is 0 Å². The first-order chi connectivity index (χ1) is 10.4. The van der Waals surface area contributed by atoms with Crippen LogP contribution in [-0.4, -0.2) is 9.97 Å². The van der Waals surface area contributed by atoms with E-state index >= 15 is 0 Å². The van der Waals surface area contributed by atoms with Crippen LogP contribution in [0.5, 0.6) is 0 Å². The zero-order valence-corrected chi connectivity index (χ0v) is 11.5. The standard InChI is InChI=1S/C15H13F4N3/c16-10-2-1-7-20-13(10)8-21-11-4-5-12-9(11)3-6-14(22-12)15(17,18)19/h1-3,6-7,11,21H,4-5,8H2.